The van der Waals surface area contributed by atoms with Crippen molar-refractivity contribution in [2.24, 2.45) is 0 Å². The van der Waals surface area contributed by atoms with Gasteiger partial charge in [0, 0.05) is 18.7 Å². The summed E-state index contributed by atoms with van der Waals surface area (Å²) in [5.74, 6) is -0.294. The van der Waals surface area contributed by atoms with Crippen molar-refractivity contribution in [1.82, 2.24) is 4.90 Å². The van der Waals surface area contributed by atoms with Crippen molar-refractivity contribution in [1.29, 1.82) is 0 Å². The van der Waals surface area contributed by atoms with Gasteiger partial charge in [-0.1, -0.05) is 26.7 Å². The fourth-order valence-corrected chi connectivity index (χ4v) is 1.79. The molecular formula is C15H22FNO. The molecule has 100 valence electrons. The van der Waals surface area contributed by atoms with Crippen molar-refractivity contribution >= 4 is 5.91 Å². The Balaban J connectivity index is 2.70. The van der Waals surface area contributed by atoms with E-state index in [1.54, 1.807) is 12.1 Å². The Morgan fingerprint density at radius 1 is 1.06 bits per heavy atom. The van der Waals surface area contributed by atoms with Crippen LogP contribution in [0.2, 0.25) is 0 Å². The van der Waals surface area contributed by atoms with E-state index in [-0.39, 0.29) is 11.7 Å². The number of carbonyl (C=O) groups excluding carboxylic acids is 1. The van der Waals surface area contributed by atoms with Gasteiger partial charge in [0.2, 0.25) is 0 Å². The summed E-state index contributed by atoms with van der Waals surface area (Å²) in [4.78, 5) is 14.1. The van der Waals surface area contributed by atoms with Crippen LogP contribution >= 0.6 is 0 Å². The summed E-state index contributed by atoms with van der Waals surface area (Å²) in [7, 11) is 0. The molecule has 1 amide bonds. The Morgan fingerprint density at radius 3 is 2.00 bits per heavy atom. The van der Waals surface area contributed by atoms with Crippen LogP contribution < -0.4 is 0 Å². The monoisotopic (exact) mass is 251 g/mol. The number of carbonyl (C=O) groups is 1. The zero-order valence-corrected chi connectivity index (χ0v) is 11.3. The van der Waals surface area contributed by atoms with E-state index in [0.717, 1.165) is 38.8 Å². The van der Waals surface area contributed by atoms with E-state index in [0.29, 0.717) is 5.56 Å². The van der Waals surface area contributed by atoms with E-state index in [2.05, 4.69) is 13.8 Å². The SMILES string of the molecule is CCCCN(CCCC)C(=O)c1ccc(F)cc1. The molecule has 0 aliphatic heterocycles. The van der Waals surface area contributed by atoms with Crippen molar-refractivity contribution < 1.29 is 9.18 Å². The van der Waals surface area contributed by atoms with Crippen LogP contribution in [-0.4, -0.2) is 23.9 Å². The molecule has 0 unspecified atom stereocenters. The van der Waals surface area contributed by atoms with Crippen molar-refractivity contribution in [3.8, 4) is 0 Å². The number of halogens is 1. The number of rotatable bonds is 7. The minimum absolute atomic E-state index is 0.0110. The second kappa shape index (κ2) is 7.85. The van der Waals surface area contributed by atoms with E-state index < -0.39 is 0 Å². The van der Waals surface area contributed by atoms with Gasteiger partial charge in [-0.05, 0) is 37.1 Å². The van der Waals surface area contributed by atoms with Gasteiger partial charge in [-0.2, -0.15) is 0 Å². The minimum Gasteiger partial charge on any atom is -0.339 e. The Kier molecular flexibility index (Phi) is 6.40. The highest BCUT2D eigenvalue weighted by Crippen LogP contribution is 2.09. The van der Waals surface area contributed by atoms with Gasteiger partial charge in [0.1, 0.15) is 5.82 Å². The van der Waals surface area contributed by atoms with E-state index in [1.165, 1.54) is 12.1 Å². The molecule has 0 heterocycles. The van der Waals surface area contributed by atoms with Crippen molar-refractivity contribution in [3.05, 3.63) is 35.6 Å². The van der Waals surface area contributed by atoms with Crippen LogP contribution in [0, 0.1) is 5.82 Å². The Morgan fingerprint density at radius 2 is 1.56 bits per heavy atom. The summed E-state index contributed by atoms with van der Waals surface area (Å²) in [6, 6.07) is 5.79. The number of hydrogen-bond donors (Lipinski definition) is 0. The van der Waals surface area contributed by atoms with Crippen LogP contribution in [-0.2, 0) is 0 Å². The lowest BCUT2D eigenvalue weighted by atomic mass is 10.1. The van der Waals surface area contributed by atoms with Crippen molar-refractivity contribution in [2.75, 3.05) is 13.1 Å². The second-order valence-corrected chi connectivity index (χ2v) is 4.51. The van der Waals surface area contributed by atoms with Gasteiger partial charge >= 0.3 is 0 Å². The van der Waals surface area contributed by atoms with Crippen LogP contribution in [0.4, 0.5) is 4.39 Å². The molecule has 0 aliphatic rings. The lowest BCUT2D eigenvalue weighted by Gasteiger charge is -2.22. The Hall–Kier alpha value is -1.38. The largest absolute Gasteiger partial charge is 0.339 e. The molecular weight excluding hydrogens is 229 g/mol. The molecule has 0 bridgehead atoms. The van der Waals surface area contributed by atoms with E-state index in [1.807, 2.05) is 4.90 Å². The number of nitrogens with zero attached hydrogens (tertiary/aromatic N) is 1. The molecule has 0 saturated carbocycles. The van der Waals surface area contributed by atoms with E-state index in [4.69, 9.17) is 0 Å². The summed E-state index contributed by atoms with van der Waals surface area (Å²) < 4.78 is 12.8. The maximum atomic E-state index is 12.8. The highest BCUT2D eigenvalue weighted by atomic mass is 19.1. The first kappa shape index (κ1) is 14.7. The molecule has 1 aromatic carbocycles. The van der Waals surface area contributed by atoms with Gasteiger partial charge < -0.3 is 4.90 Å². The smallest absolute Gasteiger partial charge is 0.253 e. The quantitative estimate of drug-likeness (QED) is 0.720. The number of amides is 1. The standard InChI is InChI=1S/C15H22FNO/c1-3-5-11-17(12-6-4-2)15(18)13-7-9-14(16)10-8-13/h7-10H,3-6,11-12H2,1-2H3. The van der Waals surface area contributed by atoms with Gasteiger partial charge in [-0.3, -0.25) is 4.79 Å². The molecule has 2 nitrogen and oxygen atoms in total. The molecule has 0 fully saturated rings. The fraction of sp³-hybridized carbons (Fsp3) is 0.533. The van der Waals surface area contributed by atoms with Crippen LogP contribution in [0.3, 0.4) is 0 Å². The van der Waals surface area contributed by atoms with Gasteiger partial charge in [0.15, 0.2) is 0 Å². The summed E-state index contributed by atoms with van der Waals surface area (Å²) in [5, 5.41) is 0. The Labute approximate surface area is 109 Å². The highest BCUT2D eigenvalue weighted by molar-refractivity contribution is 5.94. The molecule has 1 aromatic rings. The number of benzene rings is 1. The first-order valence-corrected chi connectivity index (χ1v) is 6.73. The molecule has 0 aliphatic carbocycles. The lowest BCUT2D eigenvalue weighted by Crippen LogP contribution is -2.32. The molecule has 0 N–H and O–H groups in total. The zero-order valence-electron chi connectivity index (χ0n) is 11.3. The van der Waals surface area contributed by atoms with Crippen LogP contribution in [0.1, 0.15) is 49.9 Å². The van der Waals surface area contributed by atoms with E-state index >= 15 is 0 Å². The average Bonchev–Trinajstić information content (AvgIpc) is 2.39. The third-order valence-corrected chi connectivity index (χ3v) is 2.94. The topological polar surface area (TPSA) is 20.3 Å². The minimum atomic E-state index is -0.305. The van der Waals surface area contributed by atoms with Gasteiger partial charge in [0.25, 0.3) is 5.91 Å². The van der Waals surface area contributed by atoms with Gasteiger partial charge in [-0.15, -0.1) is 0 Å². The summed E-state index contributed by atoms with van der Waals surface area (Å²) >= 11 is 0. The number of hydrogen-bond acceptors (Lipinski definition) is 1. The maximum Gasteiger partial charge on any atom is 0.253 e. The second-order valence-electron chi connectivity index (χ2n) is 4.51. The highest BCUT2D eigenvalue weighted by Gasteiger charge is 2.14. The van der Waals surface area contributed by atoms with E-state index in [9.17, 15) is 9.18 Å². The summed E-state index contributed by atoms with van der Waals surface area (Å²) in [5.41, 5.74) is 0.573. The predicted octanol–water partition coefficient (Wildman–Crippen LogP) is 3.87. The third-order valence-electron chi connectivity index (χ3n) is 2.94. The van der Waals surface area contributed by atoms with Crippen molar-refractivity contribution in [2.45, 2.75) is 39.5 Å². The number of unbranched alkanes of at least 4 members (excludes halogenated alkanes) is 2. The van der Waals surface area contributed by atoms with Crippen LogP contribution in [0.15, 0.2) is 24.3 Å². The van der Waals surface area contributed by atoms with Crippen molar-refractivity contribution in [3.63, 3.8) is 0 Å². The maximum absolute atomic E-state index is 12.8. The molecule has 0 aromatic heterocycles. The normalized spacial score (nSPS) is 10.4. The molecule has 0 radical (unpaired) electrons. The molecule has 0 saturated heterocycles. The summed E-state index contributed by atoms with van der Waals surface area (Å²) in [6.07, 6.45) is 4.16. The predicted molar refractivity (Wildman–Crippen MR) is 72.1 cm³/mol. The fourth-order valence-electron chi connectivity index (χ4n) is 1.79. The molecule has 18 heavy (non-hydrogen) atoms. The van der Waals surface area contributed by atoms with Gasteiger partial charge in [0.05, 0.1) is 0 Å². The lowest BCUT2D eigenvalue weighted by molar-refractivity contribution is 0.0751. The zero-order chi connectivity index (χ0) is 13.4. The van der Waals surface area contributed by atoms with Crippen LogP contribution in [0.5, 0.6) is 0 Å². The first-order valence-electron chi connectivity index (χ1n) is 6.73. The molecule has 3 heteroatoms. The first-order chi connectivity index (χ1) is 8.69. The van der Waals surface area contributed by atoms with Gasteiger partial charge in [-0.25, -0.2) is 4.39 Å². The molecule has 0 atom stereocenters. The third kappa shape index (κ3) is 4.47. The van der Waals surface area contributed by atoms with Crippen LogP contribution in [0.25, 0.3) is 0 Å². The summed E-state index contributed by atoms with van der Waals surface area (Å²) in [6.45, 7) is 5.79. The Bertz CT molecular complexity index is 353. The molecule has 0 spiro atoms. The average molecular weight is 251 g/mol. The molecule has 1 rings (SSSR count).